The van der Waals surface area contributed by atoms with Crippen molar-refractivity contribution in [2.24, 2.45) is 46.3 Å². The van der Waals surface area contributed by atoms with Gasteiger partial charge in [0.15, 0.2) is 0 Å². The quantitative estimate of drug-likeness (QED) is 0.659. The Morgan fingerprint density at radius 1 is 0.964 bits per heavy atom. The second kappa shape index (κ2) is 7.27. The van der Waals surface area contributed by atoms with Crippen LogP contribution < -0.4 is 0 Å². The van der Waals surface area contributed by atoms with Crippen LogP contribution >= 0.6 is 0 Å². The van der Waals surface area contributed by atoms with Crippen molar-refractivity contribution in [1.29, 1.82) is 0 Å². The average molecular weight is 393 g/mol. The highest BCUT2D eigenvalue weighted by atomic mass is 16.4. The lowest BCUT2D eigenvalue weighted by Crippen LogP contribution is -2.58. The molecule has 0 saturated heterocycles. The molecule has 1 unspecified atom stereocenters. The van der Waals surface area contributed by atoms with Crippen molar-refractivity contribution in [2.75, 3.05) is 0 Å². The lowest BCUT2D eigenvalue weighted by Gasteiger charge is -2.62. The molecule has 10 atom stereocenters. The first-order chi connectivity index (χ1) is 13.2. The van der Waals surface area contributed by atoms with Gasteiger partial charge in [-0.25, -0.2) is 0 Å². The SMILES string of the molecule is C[C@H](CCC(=O)O)[C@H]1CC[C@H]2[C@@H]3C[C@H](O)C4C[C@@H](O)CC[C@]4(C)[C@H]3CC[C@]12C. The number of hydrogen-bond donors (Lipinski definition) is 3. The summed E-state index contributed by atoms with van der Waals surface area (Å²) in [6.07, 6.45) is 9.16. The molecular formula is C24H40O4. The summed E-state index contributed by atoms with van der Waals surface area (Å²) in [6, 6.07) is 0. The molecule has 0 aromatic rings. The van der Waals surface area contributed by atoms with Crippen LogP contribution in [0.2, 0.25) is 0 Å². The van der Waals surface area contributed by atoms with Gasteiger partial charge in [-0.05, 0) is 104 Å². The number of fused-ring (bicyclic) bond motifs is 5. The number of aliphatic hydroxyl groups excluding tert-OH is 2. The van der Waals surface area contributed by atoms with Crippen LogP contribution in [0.3, 0.4) is 0 Å². The minimum absolute atomic E-state index is 0.176. The fourth-order valence-electron chi connectivity index (χ4n) is 8.81. The predicted molar refractivity (Wildman–Crippen MR) is 109 cm³/mol. The molecule has 0 bridgehead atoms. The van der Waals surface area contributed by atoms with Gasteiger partial charge in [-0.1, -0.05) is 20.8 Å². The van der Waals surface area contributed by atoms with E-state index in [0.29, 0.717) is 35.0 Å². The van der Waals surface area contributed by atoms with E-state index in [1.165, 1.54) is 25.7 Å². The van der Waals surface area contributed by atoms with Gasteiger partial charge in [0.25, 0.3) is 0 Å². The van der Waals surface area contributed by atoms with E-state index in [1.807, 2.05) is 0 Å². The normalized spacial score (nSPS) is 51.7. The summed E-state index contributed by atoms with van der Waals surface area (Å²) in [4.78, 5) is 11.1. The second-order valence-corrected chi connectivity index (χ2v) is 11.4. The van der Waals surface area contributed by atoms with Crippen molar-refractivity contribution in [3.8, 4) is 0 Å². The van der Waals surface area contributed by atoms with E-state index in [4.69, 9.17) is 5.11 Å². The van der Waals surface area contributed by atoms with Crippen LogP contribution in [-0.2, 0) is 4.79 Å². The Kier molecular flexibility index (Phi) is 5.36. The standard InChI is InChI=1S/C24H40O4/c1-14(4-7-22(27)28)17-5-6-18-16-13-21(26)20-12-15(25)8-10-24(20,3)19(16)9-11-23(17,18)2/h14-21,25-26H,4-13H2,1-3H3,(H,27,28)/t14-,15+,16+,17-,18+,19+,20?,21+,23-,24-/m1/s1. The molecule has 4 aliphatic carbocycles. The van der Waals surface area contributed by atoms with Crippen molar-refractivity contribution >= 4 is 5.97 Å². The topological polar surface area (TPSA) is 77.8 Å². The second-order valence-electron chi connectivity index (χ2n) is 11.4. The molecule has 4 heteroatoms. The molecule has 28 heavy (non-hydrogen) atoms. The van der Waals surface area contributed by atoms with Crippen molar-refractivity contribution in [2.45, 2.75) is 97.2 Å². The predicted octanol–water partition coefficient (Wildman–Crippen LogP) is 4.48. The molecule has 0 spiro atoms. The van der Waals surface area contributed by atoms with Crippen LogP contribution in [0.4, 0.5) is 0 Å². The van der Waals surface area contributed by atoms with Crippen molar-refractivity contribution in [1.82, 2.24) is 0 Å². The van der Waals surface area contributed by atoms with Crippen LogP contribution in [0.5, 0.6) is 0 Å². The summed E-state index contributed by atoms with van der Waals surface area (Å²) >= 11 is 0. The summed E-state index contributed by atoms with van der Waals surface area (Å²) in [7, 11) is 0. The summed E-state index contributed by atoms with van der Waals surface area (Å²) in [5.41, 5.74) is 0.478. The zero-order valence-electron chi connectivity index (χ0n) is 17.9. The minimum atomic E-state index is -0.677. The van der Waals surface area contributed by atoms with Gasteiger partial charge in [0.1, 0.15) is 0 Å². The first kappa shape index (κ1) is 20.7. The summed E-state index contributed by atoms with van der Waals surface area (Å²) in [6.45, 7) is 7.16. The Labute approximate surface area is 170 Å². The highest BCUT2D eigenvalue weighted by Gasteiger charge is 2.62. The van der Waals surface area contributed by atoms with Gasteiger partial charge >= 0.3 is 5.97 Å². The summed E-state index contributed by atoms with van der Waals surface area (Å²) < 4.78 is 0. The fourth-order valence-corrected chi connectivity index (χ4v) is 8.81. The maximum absolute atomic E-state index is 11.1. The Bertz CT molecular complexity index is 605. The van der Waals surface area contributed by atoms with E-state index in [1.54, 1.807) is 0 Å². The van der Waals surface area contributed by atoms with Gasteiger partial charge in [0.05, 0.1) is 12.2 Å². The van der Waals surface area contributed by atoms with Gasteiger partial charge in [0, 0.05) is 6.42 Å². The van der Waals surface area contributed by atoms with Crippen LogP contribution in [0.25, 0.3) is 0 Å². The molecule has 0 aromatic heterocycles. The number of carbonyl (C=O) groups is 1. The molecule has 0 amide bonds. The van der Waals surface area contributed by atoms with E-state index in [-0.39, 0.29) is 30.0 Å². The molecule has 4 nitrogen and oxygen atoms in total. The van der Waals surface area contributed by atoms with Crippen LogP contribution in [0.1, 0.15) is 85.0 Å². The number of carboxylic acid groups (broad SMARTS) is 1. The number of hydrogen-bond acceptors (Lipinski definition) is 3. The van der Waals surface area contributed by atoms with Gasteiger partial charge < -0.3 is 15.3 Å². The lowest BCUT2D eigenvalue weighted by molar-refractivity contribution is -0.172. The third kappa shape index (κ3) is 3.14. The molecule has 0 radical (unpaired) electrons. The third-order valence-electron chi connectivity index (χ3n) is 10.2. The molecule has 0 heterocycles. The van der Waals surface area contributed by atoms with Crippen LogP contribution in [-0.4, -0.2) is 33.5 Å². The van der Waals surface area contributed by atoms with Crippen LogP contribution in [0, 0.1) is 46.3 Å². The molecule has 4 aliphatic rings. The highest BCUT2D eigenvalue weighted by molar-refractivity contribution is 5.66. The smallest absolute Gasteiger partial charge is 0.303 e. The zero-order valence-corrected chi connectivity index (χ0v) is 17.9. The molecule has 3 N–H and O–H groups in total. The number of rotatable bonds is 4. The summed E-state index contributed by atoms with van der Waals surface area (Å²) in [5, 5.41) is 30.4. The first-order valence-electron chi connectivity index (χ1n) is 11.7. The molecule has 4 saturated carbocycles. The Balaban J connectivity index is 1.55. The monoisotopic (exact) mass is 392 g/mol. The first-order valence-corrected chi connectivity index (χ1v) is 11.7. The maximum atomic E-state index is 11.1. The largest absolute Gasteiger partial charge is 0.481 e. The zero-order chi connectivity index (χ0) is 20.3. The van der Waals surface area contributed by atoms with Gasteiger partial charge in [0.2, 0.25) is 0 Å². The number of carboxylic acids is 1. The molecule has 0 aromatic carbocycles. The third-order valence-corrected chi connectivity index (χ3v) is 10.2. The molecular weight excluding hydrogens is 352 g/mol. The fraction of sp³-hybridized carbons (Fsp3) is 0.958. The Hall–Kier alpha value is -0.610. The van der Waals surface area contributed by atoms with Gasteiger partial charge in [-0.2, -0.15) is 0 Å². The van der Waals surface area contributed by atoms with E-state index >= 15 is 0 Å². The van der Waals surface area contributed by atoms with E-state index < -0.39 is 5.97 Å². The number of aliphatic carboxylic acids is 1. The van der Waals surface area contributed by atoms with Gasteiger partial charge in [-0.15, -0.1) is 0 Å². The molecule has 4 rings (SSSR count). The highest BCUT2D eigenvalue weighted by Crippen LogP contribution is 2.68. The molecule has 0 aliphatic heterocycles. The van der Waals surface area contributed by atoms with E-state index in [2.05, 4.69) is 20.8 Å². The van der Waals surface area contributed by atoms with Crippen molar-refractivity contribution in [3.05, 3.63) is 0 Å². The molecule has 4 fully saturated rings. The van der Waals surface area contributed by atoms with Crippen LogP contribution in [0.15, 0.2) is 0 Å². The number of aliphatic hydroxyl groups is 2. The van der Waals surface area contributed by atoms with E-state index in [9.17, 15) is 15.0 Å². The Morgan fingerprint density at radius 3 is 2.36 bits per heavy atom. The Morgan fingerprint density at radius 2 is 1.64 bits per heavy atom. The average Bonchev–Trinajstić information content (AvgIpc) is 2.99. The molecule has 160 valence electrons. The van der Waals surface area contributed by atoms with E-state index in [0.717, 1.165) is 32.1 Å². The van der Waals surface area contributed by atoms with Gasteiger partial charge in [-0.3, -0.25) is 4.79 Å². The van der Waals surface area contributed by atoms with Crippen molar-refractivity contribution < 1.29 is 20.1 Å². The lowest BCUT2D eigenvalue weighted by atomic mass is 9.44. The maximum Gasteiger partial charge on any atom is 0.303 e. The van der Waals surface area contributed by atoms with Crippen molar-refractivity contribution in [3.63, 3.8) is 0 Å². The summed E-state index contributed by atoms with van der Waals surface area (Å²) in [5.74, 6) is 2.61. The minimum Gasteiger partial charge on any atom is -0.481 e.